The standard InChI is InChI=1S/C17H20N4O/c1-14-11-19-16(12-18-14)17(22)21-9-7-20(8-10-21)13-15-5-3-2-4-6-15/h2-6,11-12H,7-10,13H2,1H3. The molecular weight excluding hydrogens is 276 g/mol. The van der Waals surface area contributed by atoms with E-state index in [0.717, 1.165) is 38.4 Å². The van der Waals surface area contributed by atoms with Gasteiger partial charge < -0.3 is 4.90 Å². The van der Waals surface area contributed by atoms with Gasteiger partial charge in [-0.25, -0.2) is 4.98 Å². The van der Waals surface area contributed by atoms with Gasteiger partial charge in [0.05, 0.1) is 11.9 Å². The smallest absolute Gasteiger partial charge is 0.274 e. The molecule has 3 rings (SSSR count). The fourth-order valence-corrected chi connectivity index (χ4v) is 2.62. The van der Waals surface area contributed by atoms with E-state index in [1.807, 2.05) is 17.9 Å². The maximum absolute atomic E-state index is 12.4. The van der Waals surface area contributed by atoms with E-state index in [0.29, 0.717) is 5.69 Å². The Bertz CT molecular complexity index is 619. The van der Waals surface area contributed by atoms with E-state index in [4.69, 9.17) is 0 Å². The number of rotatable bonds is 3. The number of hydrogen-bond donors (Lipinski definition) is 0. The molecule has 0 N–H and O–H groups in total. The minimum atomic E-state index is -0.0214. The summed E-state index contributed by atoms with van der Waals surface area (Å²) in [6.45, 7) is 6.05. The average Bonchev–Trinajstić information content (AvgIpc) is 2.57. The largest absolute Gasteiger partial charge is 0.335 e. The molecule has 1 aromatic heterocycles. The van der Waals surface area contributed by atoms with Crippen LogP contribution in [0.1, 0.15) is 21.7 Å². The molecule has 0 saturated carbocycles. The summed E-state index contributed by atoms with van der Waals surface area (Å²) < 4.78 is 0. The van der Waals surface area contributed by atoms with E-state index < -0.39 is 0 Å². The molecule has 2 aromatic rings. The number of aromatic nitrogens is 2. The lowest BCUT2D eigenvalue weighted by Gasteiger charge is -2.34. The Morgan fingerprint density at radius 2 is 1.77 bits per heavy atom. The van der Waals surface area contributed by atoms with Crippen LogP contribution in [0.4, 0.5) is 0 Å². The first-order valence-corrected chi connectivity index (χ1v) is 7.56. The van der Waals surface area contributed by atoms with Gasteiger partial charge >= 0.3 is 0 Å². The molecule has 0 atom stereocenters. The van der Waals surface area contributed by atoms with E-state index >= 15 is 0 Å². The van der Waals surface area contributed by atoms with Gasteiger partial charge in [-0.1, -0.05) is 30.3 Å². The predicted octanol–water partition coefficient (Wildman–Crippen LogP) is 1.74. The van der Waals surface area contributed by atoms with Crippen LogP contribution in [-0.2, 0) is 6.54 Å². The zero-order valence-electron chi connectivity index (χ0n) is 12.8. The van der Waals surface area contributed by atoms with Crippen LogP contribution >= 0.6 is 0 Å². The Hall–Kier alpha value is -2.27. The van der Waals surface area contributed by atoms with Crippen molar-refractivity contribution >= 4 is 5.91 Å². The second-order valence-electron chi connectivity index (χ2n) is 5.60. The minimum absolute atomic E-state index is 0.0214. The SMILES string of the molecule is Cc1cnc(C(=O)N2CCN(Cc3ccccc3)CC2)cn1. The van der Waals surface area contributed by atoms with Gasteiger partial charge in [-0.2, -0.15) is 0 Å². The predicted molar refractivity (Wildman–Crippen MR) is 84.4 cm³/mol. The van der Waals surface area contributed by atoms with E-state index in [2.05, 4.69) is 39.1 Å². The molecule has 22 heavy (non-hydrogen) atoms. The van der Waals surface area contributed by atoms with E-state index in [1.165, 1.54) is 5.56 Å². The van der Waals surface area contributed by atoms with Crippen molar-refractivity contribution in [1.29, 1.82) is 0 Å². The Morgan fingerprint density at radius 3 is 2.41 bits per heavy atom. The van der Waals surface area contributed by atoms with Crippen LogP contribution in [0.15, 0.2) is 42.7 Å². The average molecular weight is 296 g/mol. The van der Waals surface area contributed by atoms with Crippen molar-refractivity contribution in [3.05, 3.63) is 59.7 Å². The number of aryl methyl sites for hydroxylation is 1. The van der Waals surface area contributed by atoms with E-state index in [9.17, 15) is 4.79 Å². The summed E-state index contributed by atoms with van der Waals surface area (Å²) in [6, 6.07) is 10.4. The van der Waals surface area contributed by atoms with Crippen LogP contribution in [0, 0.1) is 6.92 Å². The number of hydrogen-bond acceptors (Lipinski definition) is 4. The number of amides is 1. The molecule has 1 aromatic carbocycles. The molecule has 1 fully saturated rings. The first-order chi connectivity index (χ1) is 10.7. The molecule has 0 radical (unpaired) electrons. The normalized spacial score (nSPS) is 15.8. The molecule has 114 valence electrons. The molecule has 0 aliphatic carbocycles. The molecule has 5 nitrogen and oxygen atoms in total. The van der Waals surface area contributed by atoms with Crippen molar-refractivity contribution in [1.82, 2.24) is 19.8 Å². The number of benzene rings is 1. The third-order valence-corrected chi connectivity index (χ3v) is 3.91. The summed E-state index contributed by atoms with van der Waals surface area (Å²) in [7, 11) is 0. The van der Waals surface area contributed by atoms with Crippen LogP contribution in [0.5, 0.6) is 0 Å². The van der Waals surface area contributed by atoms with Gasteiger partial charge in [0.25, 0.3) is 5.91 Å². The van der Waals surface area contributed by atoms with Gasteiger partial charge in [-0.05, 0) is 12.5 Å². The summed E-state index contributed by atoms with van der Waals surface area (Å²) in [5.74, 6) is -0.0214. The highest BCUT2D eigenvalue weighted by Crippen LogP contribution is 2.10. The molecule has 5 heteroatoms. The maximum atomic E-state index is 12.4. The molecule has 1 saturated heterocycles. The zero-order chi connectivity index (χ0) is 15.4. The molecule has 0 unspecified atom stereocenters. The third kappa shape index (κ3) is 3.49. The number of carbonyl (C=O) groups is 1. The number of carbonyl (C=O) groups excluding carboxylic acids is 1. The van der Waals surface area contributed by atoms with Crippen LogP contribution in [0.3, 0.4) is 0 Å². The number of piperazine rings is 1. The first kappa shape index (κ1) is 14.7. The summed E-state index contributed by atoms with van der Waals surface area (Å²) in [5.41, 5.74) is 2.57. The second-order valence-corrected chi connectivity index (χ2v) is 5.60. The topological polar surface area (TPSA) is 49.3 Å². The summed E-state index contributed by atoms with van der Waals surface area (Å²) in [5, 5.41) is 0. The highest BCUT2D eigenvalue weighted by molar-refractivity contribution is 5.92. The molecule has 1 aliphatic heterocycles. The van der Waals surface area contributed by atoms with Crippen LogP contribution < -0.4 is 0 Å². The monoisotopic (exact) mass is 296 g/mol. The van der Waals surface area contributed by atoms with Crippen molar-refractivity contribution in [2.45, 2.75) is 13.5 Å². The minimum Gasteiger partial charge on any atom is -0.335 e. The van der Waals surface area contributed by atoms with Gasteiger partial charge in [0.1, 0.15) is 5.69 Å². The second kappa shape index (κ2) is 6.66. The summed E-state index contributed by atoms with van der Waals surface area (Å²) in [4.78, 5) is 24.9. The van der Waals surface area contributed by atoms with E-state index in [1.54, 1.807) is 12.4 Å². The maximum Gasteiger partial charge on any atom is 0.274 e. The van der Waals surface area contributed by atoms with Crippen LogP contribution in [-0.4, -0.2) is 51.9 Å². The van der Waals surface area contributed by atoms with Gasteiger partial charge in [-0.3, -0.25) is 14.7 Å². The quantitative estimate of drug-likeness (QED) is 0.866. The van der Waals surface area contributed by atoms with Gasteiger partial charge in [-0.15, -0.1) is 0 Å². The summed E-state index contributed by atoms with van der Waals surface area (Å²) in [6.07, 6.45) is 3.20. The fourth-order valence-electron chi connectivity index (χ4n) is 2.62. The fraction of sp³-hybridized carbons (Fsp3) is 0.353. The molecule has 1 amide bonds. The lowest BCUT2D eigenvalue weighted by Crippen LogP contribution is -2.48. The van der Waals surface area contributed by atoms with Crippen LogP contribution in [0.25, 0.3) is 0 Å². The Balaban J connectivity index is 1.55. The van der Waals surface area contributed by atoms with Gasteiger partial charge in [0.15, 0.2) is 0 Å². The molecule has 0 spiro atoms. The Kier molecular flexibility index (Phi) is 4.44. The lowest BCUT2D eigenvalue weighted by molar-refractivity contribution is 0.0622. The first-order valence-electron chi connectivity index (χ1n) is 7.56. The van der Waals surface area contributed by atoms with Crippen LogP contribution in [0.2, 0.25) is 0 Å². The molecule has 1 aliphatic rings. The highest BCUT2D eigenvalue weighted by atomic mass is 16.2. The Labute approximate surface area is 130 Å². The van der Waals surface area contributed by atoms with Crippen molar-refractivity contribution < 1.29 is 4.79 Å². The van der Waals surface area contributed by atoms with Crippen molar-refractivity contribution in [3.63, 3.8) is 0 Å². The van der Waals surface area contributed by atoms with Gasteiger partial charge in [0, 0.05) is 38.9 Å². The third-order valence-electron chi connectivity index (χ3n) is 3.91. The van der Waals surface area contributed by atoms with Crippen molar-refractivity contribution in [2.75, 3.05) is 26.2 Å². The summed E-state index contributed by atoms with van der Waals surface area (Å²) >= 11 is 0. The highest BCUT2D eigenvalue weighted by Gasteiger charge is 2.23. The van der Waals surface area contributed by atoms with Crippen molar-refractivity contribution in [3.8, 4) is 0 Å². The Morgan fingerprint density at radius 1 is 1.05 bits per heavy atom. The zero-order valence-corrected chi connectivity index (χ0v) is 12.8. The van der Waals surface area contributed by atoms with E-state index in [-0.39, 0.29) is 5.91 Å². The lowest BCUT2D eigenvalue weighted by atomic mass is 10.2. The molecular formula is C17H20N4O. The van der Waals surface area contributed by atoms with Crippen molar-refractivity contribution in [2.24, 2.45) is 0 Å². The number of nitrogens with zero attached hydrogens (tertiary/aromatic N) is 4. The van der Waals surface area contributed by atoms with Gasteiger partial charge in [0.2, 0.25) is 0 Å². The molecule has 0 bridgehead atoms. The molecule has 2 heterocycles.